The standard InChI is InChI=1S/C21H21N/c1-15-13-16(2)21(14-15)20-12-8-7-11-19(20)17(3)22-18-9-5-4-6-10-18/h4-14,21H,1-3H3. The van der Waals surface area contributed by atoms with Crippen LogP contribution in [0.15, 0.2) is 82.9 Å². The molecule has 0 aromatic heterocycles. The fraction of sp³-hybridized carbons (Fsp3) is 0.190. The molecular weight excluding hydrogens is 266 g/mol. The molecule has 110 valence electrons. The predicted octanol–water partition coefficient (Wildman–Crippen LogP) is 5.82. The number of hydrogen-bond acceptors (Lipinski definition) is 1. The molecule has 0 fully saturated rings. The van der Waals surface area contributed by atoms with Crippen molar-refractivity contribution in [3.05, 3.63) is 89.0 Å². The van der Waals surface area contributed by atoms with Crippen molar-refractivity contribution in [2.24, 2.45) is 4.99 Å². The van der Waals surface area contributed by atoms with E-state index in [-0.39, 0.29) is 0 Å². The van der Waals surface area contributed by atoms with Crippen LogP contribution in [0.25, 0.3) is 0 Å². The van der Waals surface area contributed by atoms with Crippen LogP contribution in [0.4, 0.5) is 5.69 Å². The number of benzene rings is 2. The first-order valence-electron chi connectivity index (χ1n) is 7.71. The zero-order valence-electron chi connectivity index (χ0n) is 13.4. The van der Waals surface area contributed by atoms with Gasteiger partial charge in [0.1, 0.15) is 0 Å². The van der Waals surface area contributed by atoms with Crippen molar-refractivity contribution in [1.29, 1.82) is 0 Å². The Labute approximate surface area is 132 Å². The minimum Gasteiger partial charge on any atom is -0.253 e. The van der Waals surface area contributed by atoms with Gasteiger partial charge in [0.05, 0.1) is 5.69 Å². The number of aliphatic imine (C=N–C) groups is 1. The monoisotopic (exact) mass is 287 g/mol. The third-order valence-electron chi connectivity index (χ3n) is 4.11. The molecule has 22 heavy (non-hydrogen) atoms. The summed E-state index contributed by atoms with van der Waals surface area (Å²) in [5.74, 6) is 0.372. The van der Waals surface area contributed by atoms with E-state index >= 15 is 0 Å². The highest BCUT2D eigenvalue weighted by Crippen LogP contribution is 2.35. The van der Waals surface area contributed by atoms with Gasteiger partial charge in [-0.3, -0.25) is 4.99 Å². The molecule has 0 heterocycles. The maximum Gasteiger partial charge on any atom is 0.0633 e. The topological polar surface area (TPSA) is 12.4 Å². The fourth-order valence-electron chi connectivity index (χ4n) is 3.08. The van der Waals surface area contributed by atoms with Gasteiger partial charge in [-0.15, -0.1) is 0 Å². The summed E-state index contributed by atoms with van der Waals surface area (Å²) in [6.07, 6.45) is 4.61. The van der Waals surface area contributed by atoms with Crippen LogP contribution in [-0.2, 0) is 0 Å². The van der Waals surface area contributed by atoms with Crippen molar-refractivity contribution in [3.63, 3.8) is 0 Å². The summed E-state index contributed by atoms with van der Waals surface area (Å²) >= 11 is 0. The molecule has 0 saturated heterocycles. The molecule has 0 N–H and O–H groups in total. The SMILES string of the molecule is CC1=CC(c2ccccc2C(C)=Nc2ccccc2)C(C)=C1. The first kappa shape index (κ1) is 14.5. The van der Waals surface area contributed by atoms with Crippen LogP contribution in [-0.4, -0.2) is 5.71 Å². The van der Waals surface area contributed by atoms with E-state index in [1.165, 1.54) is 22.3 Å². The summed E-state index contributed by atoms with van der Waals surface area (Å²) in [5.41, 5.74) is 7.38. The third-order valence-corrected chi connectivity index (χ3v) is 4.11. The highest BCUT2D eigenvalue weighted by molar-refractivity contribution is 6.01. The Kier molecular flexibility index (Phi) is 4.06. The average molecular weight is 287 g/mol. The zero-order chi connectivity index (χ0) is 15.5. The first-order valence-corrected chi connectivity index (χ1v) is 7.71. The molecule has 1 atom stereocenters. The Hall–Kier alpha value is -2.41. The van der Waals surface area contributed by atoms with Gasteiger partial charge in [0, 0.05) is 11.6 Å². The van der Waals surface area contributed by atoms with Crippen molar-refractivity contribution in [2.75, 3.05) is 0 Å². The van der Waals surface area contributed by atoms with Crippen molar-refractivity contribution < 1.29 is 0 Å². The van der Waals surface area contributed by atoms with Gasteiger partial charge in [0.15, 0.2) is 0 Å². The van der Waals surface area contributed by atoms with E-state index in [0.717, 1.165) is 11.4 Å². The Morgan fingerprint density at radius 3 is 2.27 bits per heavy atom. The number of nitrogens with zero attached hydrogens (tertiary/aromatic N) is 1. The molecule has 0 aliphatic heterocycles. The lowest BCUT2D eigenvalue weighted by molar-refractivity contribution is 1.01. The number of hydrogen-bond donors (Lipinski definition) is 0. The van der Waals surface area contributed by atoms with Crippen molar-refractivity contribution in [1.82, 2.24) is 0 Å². The smallest absolute Gasteiger partial charge is 0.0633 e. The zero-order valence-corrected chi connectivity index (χ0v) is 13.4. The molecular formula is C21H21N. The predicted molar refractivity (Wildman–Crippen MR) is 95.0 cm³/mol. The number of rotatable bonds is 3. The van der Waals surface area contributed by atoms with Crippen molar-refractivity contribution >= 4 is 11.4 Å². The lowest BCUT2D eigenvalue weighted by Gasteiger charge is -2.16. The molecule has 0 bridgehead atoms. The minimum absolute atomic E-state index is 0.372. The quantitative estimate of drug-likeness (QED) is 0.631. The lowest BCUT2D eigenvalue weighted by Crippen LogP contribution is -2.04. The number of allylic oxidation sites excluding steroid dienone is 4. The van der Waals surface area contributed by atoms with Gasteiger partial charge in [-0.1, -0.05) is 65.8 Å². The molecule has 0 spiro atoms. The Bertz CT molecular complexity index is 764. The van der Waals surface area contributed by atoms with Crippen LogP contribution in [0.5, 0.6) is 0 Å². The van der Waals surface area contributed by atoms with E-state index in [9.17, 15) is 0 Å². The third kappa shape index (κ3) is 2.94. The molecule has 2 aromatic rings. The van der Waals surface area contributed by atoms with E-state index < -0.39 is 0 Å². The Morgan fingerprint density at radius 1 is 0.909 bits per heavy atom. The van der Waals surface area contributed by atoms with Gasteiger partial charge >= 0.3 is 0 Å². The molecule has 3 rings (SSSR count). The number of para-hydroxylation sites is 1. The highest BCUT2D eigenvalue weighted by Gasteiger charge is 2.19. The molecule has 1 aliphatic rings. The van der Waals surface area contributed by atoms with E-state index in [4.69, 9.17) is 4.99 Å². The summed E-state index contributed by atoms with van der Waals surface area (Å²) in [5, 5.41) is 0. The van der Waals surface area contributed by atoms with E-state index in [1.54, 1.807) is 0 Å². The largest absolute Gasteiger partial charge is 0.253 e. The summed E-state index contributed by atoms with van der Waals surface area (Å²) in [4.78, 5) is 4.78. The van der Waals surface area contributed by atoms with E-state index in [0.29, 0.717) is 5.92 Å². The Morgan fingerprint density at radius 2 is 1.59 bits per heavy atom. The molecule has 0 saturated carbocycles. The lowest BCUT2D eigenvalue weighted by atomic mass is 9.89. The van der Waals surface area contributed by atoms with Crippen molar-refractivity contribution in [3.8, 4) is 0 Å². The van der Waals surface area contributed by atoms with Crippen LogP contribution in [0.3, 0.4) is 0 Å². The van der Waals surface area contributed by atoms with Gasteiger partial charge in [-0.2, -0.15) is 0 Å². The fourth-order valence-corrected chi connectivity index (χ4v) is 3.08. The average Bonchev–Trinajstić information content (AvgIpc) is 2.87. The summed E-state index contributed by atoms with van der Waals surface area (Å²) < 4.78 is 0. The second-order valence-electron chi connectivity index (χ2n) is 5.90. The van der Waals surface area contributed by atoms with Crippen LogP contribution in [0, 0.1) is 0 Å². The summed E-state index contributed by atoms with van der Waals surface area (Å²) in [6.45, 7) is 6.46. The maximum absolute atomic E-state index is 4.78. The van der Waals surface area contributed by atoms with Gasteiger partial charge in [0.25, 0.3) is 0 Å². The van der Waals surface area contributed by atoms with Crippen LogP contribution < -0.4 is 0 Å². The van der Waals surface area contributed by atoms with E-state index in [2.05, 4.69) is 57.2 Å². The Balaban J connectivity index is 2.02. The summed E-state index contributed by atoms with van der Waals surface area (Å²) in [6, 6.07) is 18.7. The van der Waals surface area contributed by atoms with Gasteiger partial charge in [-0.25, -0.2) is 0 Å². The molecule has 0 radical (unpaired) electrons. The van der Waals surface area contributed by atoms with Crippen LogP contribution in [0.2, 0.25) is 0 Å². The van der Waals surface area contributed by atoms with E-state index in [1.807, 2.05) is 30.3 Å². The molecule has 2 aromatic carbocycles. The van der Waals surface area contributed by atoms with Crippen LogP contribution in [0.1, 0.15) is 37.8 Å². The van der Waals surface area contributed by atoms with Crippen molar-refractivity contribution in [2.45, 2.75) is 26.7 Å². The van der Waals surface area contributed by atoms with Gasteiger partial charge in [0.2, 0.25) is 0 Å². The molecule has 1 heteroatoms. The van der Waals surface area contributed by atoms with Gasteiger partial charge in [-0.05, 0) is 44.0 Å². The van der Waals surface area contributed by atoms with Gasteiger partial charge < -0.3 is 0 Å². The molecule has 1 unspecified atom stereocenters. The van der Waals surface area contributed by atoms with Crippen LogP contribution >= 0.6 is 0 Å². The molecule has 0 amide bonds. The minimum atomic E-state index is 0.372. The normalized spacial score (nSPS) is 18.1. The molecule has 1 aliphatic carbocycles. The summed E-state index contributed by atoms with van der Waals surface area (Å²) in [7, 11) is 0. The maximum atomic E-state index is 4.78. The second kappa shape index (κ2) is 6.15. The first-order chi connectivity index (χ1) is 10.6. The molecule has 1 nitrogen and oxygen atoms in total. The second-order valence-corrected chi connectivity index (χ2v) is 5.90. The highest BCUT2D eigenvalue weighted by atomic mass is 14.7.